The van der Waals surface area contributed by atoms with Gasteiger partial charge in [0.1, 0.15) is 6.29 Å². The van der Waals surface area contributed by atoms with Gasteiger partial charge in [0.25, 0.3) is 0 Å². The fraction of sp³-hybridized carbons (Fsp3) is 0.857. The molecule has 0 aromatic rings. The molecule has 0 aromatic carbocycles. The van der Waals surface area contributed by atoms with Crippen molar-refractivity contribution in [1.29, 1.82) is 0 Å². The van der Waals surface area contributed by atoms with Crippen molar-refractivity contribution in [3.05, 3.63) is 0 Å². The van der Waals surface area contributed by atoms with Gasteiger partial charge in [0.2, 0.25) is 0 Å². The first-order valence-electron chi connectivity index (χ1n) is 3.86. The fourth-order valence-electron chi connectivity index (χ4n) is 0.489. The Morgan fingerprint density at radius 3 is 2.67 bits per heavy atom. The summed E-state index contributed by atoms with van der Waals surface area (Å²) in [6, 6.07) is -0.356. The van der Waals surface area contributed by atoms with E-state index in [2.05, 4.69) is 0 Å². The summed E-state index contributed by atoms with van der Waals surface area (Å²) in [6.45, 7) is 3.60. The minimum absolute atomic E-state index is 0.356. The fourth-order valence-corrected chi connectivity index (χ4v) is 1.29. The van der Waals surface area contributed by atoms with E-state index in [0.717, 1.165) is 12.7 Å². The van der Waals surface area contributed by atoms with Gasteiger partial charge in [-0.25, -0.2) is 4.21 Å². The van der Waals surface area contributed by atoms with Gasteiger partial charge in [-0.1, -0.05) is 6.92 Å². The zero-order chi connectivity index (χ0) is 9.56. The number of nitrogens with zero attached hydrogens (tertiary/aromatic N) is 1. The molecule has 0 radical (unpaired) electrons. The molecule has 0 N–H and O–H groups in total. The summed E-state index contributed by atoms with van der Waals surface area (Å²) in [7, 11) is 1.59. The quantitative estimate of drug-likeness (QED) is 0.455. The van der Waals surface area contributed by atoms with Gasteiger partial charge in [-0.2, -0.15) is 9.35 Å². The second kappa shape index (κ2) is 6.28. The molecule has 0 saturated carbocycles. The summed E-state index contributed by atoms with van der Waals surface area (Å²) in [5, 5.41) is 1.30. The van der Waals surface area contributed by atoms with Crippen molar-refractivity contribution in [2.75, 3.05) is 12.8 Å². The summed E-state index contributed by atoms with van der Waals surface area (Å²) in [5.41, 5.74) is 0. The molecule has 0 aliphatic carbocycles. The first kappa shape index (κ1) is 11.7. The summed E-state index contributed by atoms with van der Waals surface area (Å²) < 4.78 is 15.9. The Hall–Kier alpha value is -0.260. The van der Waals surface area contributed by atoms with Gasteiger partial charge in [0, 0.05) is 7.05 Å². The third-order valence-electron chi connectivity index (χ3n) is 1.34. The maximum Gasteiger partial charge on any atom is 0.173 e. The molecule has 0 heterocycles. The third-order valence-corrected chi connectivity index (χ3v) is 2.48. The number of carbonyl (C=O) groups excluding carboxylic acids is 1. The normalized spacial score (nSPS) is 16.0. The van der Waals surface area contributed by atoms with E-state index in [0.29, 0.717) is 5.75 Å². The highest BCUT2D eigenvalue weighted by Gasteiger charge is 2.11. The van der Waals surface area contributed by atoms with Crippen molar-refractivity contribution >= 4 is 17.4 Å². The predicted molar refractivity (Wildman–Crippen MR) is 47.7 cm³/mol. The topological polar surface area (TPSA) is 46.6 Å². The molecule has 2 unspecified atom stereocenters. The van der Waals surface area contributed by atoms with Crippen LogP contribution in [0.5, 0.6) is 0 Å². The minimum Gasteiger partial charge on any atom is -0.302 e. The van der Waals surface area contributed by atoms with Crippen LogP contribution in [0, 0.1) is 0 Å². The summed E-state index contributed by atoms with van der Waals surface area (Å²) in [5.74, 6) is 0.496. The van der Waals surface area contributed by atoms with E-state index in [4.69, 9.17) is 4.28 Å². The Bertz CT molecular complexity index is 163. The van der Waals surface area contributed by atoms with Gasteiger partial charge in [-0.15, -0.1) is 0 Å². The SMILES string of the molecule is CCCS(=O)ON(C)C(C)C=O. The Kier molecular flexibility index (Phi) is 6.14. The monoisotopic (exact) mass is 193 g/mol. The lowest BCUT2D eigenvalue weighted by atomic mass is 10.4. The average molecular weight is 193 g/mol. The lowest BCUT2D eigenvalue weighted by Gasteiger charge is -2.17. The molecule has 0 fully saturated rings. The molecule has 12 heavy (non-hydrogen) atoms. The third kappa shape index (κ3) is 4.58. The van der Waals surface area contributed by atoms with Crippen LogP contribution in [0.4, 0.5) is 0 Å². The summed E-state index contributed by atoms with van der Waals surface area (Å²) >= 11 is -1.31. The Balaban J connectivity index is 3.74. The first-order chi connectivity index (χ1) is 5.61. The Morgan fingerprint density at radius 1 is 1.67 bits per heavy atom. The highest BCUT2D eigenvalue weighted by molar-refractivity contribution is 7.80. The van der Waals surface area contributed by atoms with Gasteiger partial charge >= 0.3 is 0 Å². The van der Waals surface area contributed by atoms with E-state index in [1.807, 2.05) is 6.92 Å². The summed E-state index contributed by atoms with van der Waals surface area (Å²) in [6.07, 6.45) is 1.54. The Morgan fingerprint density at radius 2 is 2.25 bits per heavy atom. The maximum atomic E-state index is 11.0. The molecular formula is C7H15NO3S. The Labute approximate surface area is 75.5 Å². The van der Waals surface area contributed by atoms with Gasteiger partial charge in [0.15, 0.2) is 11.1 Å². The van der Waals surface area contributed by atoms with Gasteiger partial charge < -0.3 is 4.79 Å². The van der Waals surface area contributed by atoms with Gasteiger partial charge in [-0.05, 0) is 13.3 Å². The molecule has 0 bridgehead atoms. The van der Waals surface area contributed by atoms with E-state index in [1.165, 1.54) is 5.06 Å². The molecule has 0 saturated heterocycles. The molecule has 0 spiro atoms. The van der Waals surface area contributed by atoms with Crippen LogP contribution in [0.15, 0.2) is 0 Å². The molecule has 0 aliphatic heterocycles. The van der Waals surface area contributed by atoms with E-state index < -0.39 is 11.1 Å². The lowest BCUT2D eigenvalue weighted by molar-refractivity contribution is -0.122. The second-order valence-electron chi connectivity index (χ2n) is 2.51. The molecule has 0 amide bonds. The number of rotatable bonds is 6. The molecule has 4 nitrogen and oxygen atoms in total. The van der Waals surface area contributed by atoms with E-state index in [1.54, 1.807) is 14.0 Å². The van der Waals surface area contributed by atoms with Crippen LogP contribution < -0.4 is 0 Å². The molecule has 5 heteroatoms. The van der Waals surface area contributed by atoms with E-state index in [-0.39, 0.29) is 6.04 Å². The number of carbonyl (C=O) groups is 1. The van der Waals surface area contributed by atoms with Crippen LogP contribution in [0.3, 0.4) is 0 Å². The first-order valence-corrected chi connectivity index (χ1v) is 5.11. The average Bonchev–Trinajstić information content (AvgIpc) is 2.03. The highest BCUT2D eigenvalue weighted by atomic mass is 32.2. The van der Waals surface area contributed by atoms with Crippen LogP contribution in [-0.4, -0.2) is 34.4 Å². The van der Waals surface area contributed by atoms with Crippen molar-refractivity contribution < 1.29 is 13.3 Å². The van der Waals surface area contributed by atoms with Crippen molar-refractivity contribution in [1.82, 2.24) is 5.06 Å². The van der Waals surface area contributed by atoms with Crippen LogP contribution in [0.25, 0.3) is 0 Å². The zero-order valence-corrected chi connectivity index (χ0v) is 8.47. The predicted octanol–water partition coefficient (Wildman–Crippen LogP) is 0.511. The molecule has 0 aliphatic rings. The van der Waals surface area contributed by atoms with Crippen LogP contribution in [-0.2, 0) is 20.2 Å². The number of hydrogen-bond donors (Lipinski definition) is 0. The highest BCUT2D eigenvalue weighted by Crippen LogP contribution is 1.97. The second-order valence-corrected chi connectivity index (χ2v) is 3.67. The van der Waals surface area contributed by atoms with Crippen molar-refractivity contribution in [3.63, 3.8) is 0 Å². The molecule has 72 valence electrons. The zero-order valence-electron chi connectivity index (χ0n) is 7.65. The maximum absolute atomic E-state index is 11.0. The molecular weight excluding hydrogens is 178 g/mol. The lowest BCUT2D eigenvalue weighted by Crippen LogP contribution is -2.31. The number of likely N-dealkylation sites (N-methyl/N-ethyl adjacent to an activating group) is 1. The van der Waals surface area contributed by atoms with E-state index in [9.17, 15) is 9.00 Å². The van der Waals surface area contributed by atoms with E-state index >= 15 is 0 Å². The number of aldehydes is 1. The summed E-state index contributed by atoms with van der Waals surface area (Å²) in [4.78, 5) is 10.3. The van der Waals surface area contributed by atoms with Gasteiger partial charge in [0.05, 0.1) is 11.8 Å². The van der Waals surface area contributed by atoms with Crippen molar-refractivity contribution in [2.45, 2.75) is 26.3 Å². The smallest absolute Gasteiger partial charge is 0.173 e. The molecule has 2 atom stereocenters. The molecule has 0 aromatic heterocycles. The van der Waals surface area contributed by atoms with Crippen LogP contribution >= 0.6 is 0 Å². The van der Waals surface area contributed by atoms with Crippen LogP contribution in [0.1, 0.15) is 20.3 Å². The number of hydrogen-bond acceptors (Lipinski definition) is 4. The standard InChI is InChI=1S/C7H15NO3S/c1-4-5-12(10)11-8(3)7(2)6-9/h6-7H,4-5H2,1-3H3. The number of hydroxylamine groups is 2. The van der Waals surface area contributed by atoms with Gasteiger partial charge in [-0.3, -0.25) is 0 Å². The molecule has 0 rings (SSSR count). The van der Waals surface area contributed by atoms with Crippen molar-refractivity contribution in [2.24, 2.45) is 0 Å². The largest absolute Gasteiger partial charge is 0.302 e. The van der Waals surface area contributed by atoms with Crippen molar-refractivity contribution in [3.8, 4) is 0 Å². The van der Waals surface area contributed by atoms with Crippen LogP contribution in [0.2, 0.25) is 0 Å². The minimum atomic E-state index is -1.31.